The second kappa shape index (κ2) is 21.8. The van der Waals surface area contributed by atoms with Gasteiger partial charge < -0.3 is 10.1 Å². The van der Waals surface area contributed by atoms with Gasteiger partial charge in [-0.25, -0.2) is 4.79 Å². The Hall–Kier alpha value is -1.06. The number of unbranched alkanes of at least 4 members (excludes halogenated alkanes) is 20. The van der Waals surface area contributed by atoms with Crippen molar-refractivity contribution in [3.8, 4) is 0 Å². The Bertz CT molecular complexity index is 452. The number of esters is 1. The molecule has 188 valence electrons. The van der Waals surface area contributed by atoms with Gasteiger partial charge in [0.15, 0.2) is 0 Å². The van der Waals surface area contributed by atoms with Gasteiger partial charge in [-0.1, -0.05) is 135 Å². The zero-order chi connectivity index (χ0) is 23.1. The summed E-state index contributed by atoms with van der Waals surface area (Å²) in [5.41, 5.74) is 0. The van der Waals surface area contributed by atoms with Gasteiger partial charge in [0.25, 0.3) is 0 Å². The van der Waals surface area contributed by atoms with E-state index in [9.17, 15) is 9.59 Å². The van der Waals surface area contributed by atoms with Gasteiger partial charge in [-0.05, 0) is 12.8 Å². The van der Waals surface area contributed by atoms with Crippen molar-refractivity contribution >= 4 is 11.9 Å². The molecule has 1 unspecified atom stereocenters. The number of hydrogen-bond donors (Lipinski definition) is 1. The van der Waals surface area contributed by atoms with Gasteiger partial charge >= 0.3 is 5.97 Å². The molecule has 4 heteroatoms. The van der Waals surface area contributed by atoms with E-state index in [0.717, 1.165) is 12.8 Å². The molecule has 0 aromatic carbocycles. The average Bonchev–Trinajstić information content (AvgIpc) is 3.23. The molecule has 1 saturated heterocycles. The van der Waals surface area contributed by atoms with Gasteiger partial charge in [0.05, 0.1) is 6.61 Å². The minimum atomic E-state index is -0.405. The zero-order valence-corrected chi connectivity index (χ0v) is 21.3. The molecule has 1 rings (SSSR count). The topological polar surface area (TPSA) is 55.4 Å². The molecule has 32 heavy (non-hydrogen) atoms. The molecule has 0 aromatic heterocycles. The predicted octanol–water partition coefficient (Wildman–Crippen LogP) is 8.02. The van der Waals surface area contributed by atoms with E-state index < -0.39 is 6.04 Å². The Labute approximate surface area is 199 Å². The van der Waals surface area contributed by atoms with Crippen LogP contribution in [0.25, 0.3) is 0 Å². The number of hydrogen-bond acceptors (Lipinski definition) is 3. The number of ether oxygens (including phenoxy) is 1. The Kier molecular flexibility index (Phi) is 19.7. The van der Waals surface area contributed by atoms with Crippen LogP contribution in [0.5, 0.6) is 0 Å². The van der Waals surface area contributed by atoms with Crippen LogP contribution in [0.15, 0.2) is 0 Å². The van der Waals surface area contributed by atoms with Crippen LogP contribution in [0.1, 0.15) is 155 Å². The minimum absolute atomic E-state index is 0.0407. The highest BCUT2D eigenvalue weighted by atomic mass is 16.5. The lowest BCUT2D eigenvalue weighted by atomic mass is 10.0. The minimum Gasteiger partial charge on any atom is -0.464 e. The molecule has 0 aromatic rings. The van der Waals surface area contributed by atoms with Crippen LogP contribution < -0.4 is 5.32 Å². The summed E-state index contributed by atoms with van der Waals surface area (Å²) in [4.78, 5) is 22.9. The lowest BCUT2D eigenvalue weighted by Crippen LogP contribution is -2.34. The lowest BCUT2D eigenvalue weighted by molar-refractivity contribution is -0.146. The highest BCUT2D eigenvalue weighted by molar-refractivity contribution is 5.87. The van der Waals surface area contributed by atoms with Gasteiger partial charge in [0.2, 0.25) is 5.91 Å². The Balaban J connectivity index is 1.68. The van der Waals surface area contributed by atoms with Crippen molar-refractivity contribution in [2.24, 2.45) is 0 Å². The summed E-state index contributed by atoms with van der Waals surface area (Å²) in [7, 11) is 0. The van der Waals surface area contributed by atoms with Gasteiger partial charge in [0, 0.05) is 6.42 Å². The molecule has 1 aliphatic rings. The molecule has 1 fully saturated rings. The summed E-state index contributed by atoms with van der Waals surface area (Å²) < 4.78 is 5.26. The van der Waals surface area contributed by atoms with Crippen molar-refractivity contribution < 1.29 is 14.3 Å². The van der Waals surface area contributed by atoms with E-state index in [-0.39, 0.29) is 11.9 Å². The van der Waals surface area contributed by atoms with Crippen molar-refractivity contribution in [2.75, 3.05) is 6.61 Å². The first-order chi connectivity index (χ1) is 15.7. The zero-order valence-electron chi connectivity index (χ0n) is 21.3. The number of carbonyl (C=O) groups is 2. The molecule has 0 saturated carbocycles. The molecule has 1 amide bonds. The molecule has 4 nitrogen and oxygen atoms in total. The molecule has 1 heterocycles. The van der Waals surface area contributed by atoms with Crippen molar-refractivity contribution in [2.45, 2.75) is 161 Å². The van der Waals surface area contributed by atoms with Crippen LogP contribution in [-0.4, -0.2) is 24.5 Å². The van der Waals surface area contributed by atoms with Gasteiger partial charge in [-0.15, -0.1) is 0 Å². The highest BCUT2D eigenvalue weighted by Crippen LogP contribution is 2.15. The number of nitrogens with one attached hydrogen (secondary N) is 1. The normalized spacial score (nSPS) is 15.8. The summed E-state index contributed by atoms with van der Waals surface area (Å²) >= 11 is 0. The lowest BCUT2D eigenvalue weighted by Gasteiger charge is -2.09. The quantitative estimate of drug-likeness (QED) is 0.126. The second-order valence-corrected chi connectivity index (χ2v) is 9.90. The van der Waals surface area contributed by atoms with Gasteiger partial charge in [-0.3, -0.25) is 4.79 Å². The molecular formula is C28H53NO3. The third-order valence-electron chi connectivity index (χ3n) is 6.77. The summed E-state index contributed by atoms with van der Waals surface area (Å²) in [6.45, 7) is 2.78. The Morgan fingerprint density at radius 3 is 1.41 bits per heavy atom. The van der Waals surface area contributed by atoms with Crippen molar-refractivity contribution in [3.05, 3.63) is 0 Å². The van der Waals surface area contributed by atoms with Crippen molar-refractivity contribution in [1.82, 2.24) is 5.32 Å². The predicted molar refractivity (Wildman–Crippen MR) is 135 cm³/mol. The van der Waals surface area contributed by atoms with Crippen LogP contribution in [0.3, 0.4) is 0 Å². The fourth-order valence-corrected chi connectivity index (χ4v) is 4.60. The van der Waals surface area contributed by atoms with E-state index in [4.69, 9.17) is 4.74 Å². The SMILES string of the molecule is CCCCCCCCCCCCCCCCCCCCCCCOC(=O)C1CCC(=O)N1. The molecule has 0 spiro atoms. The molecular weight excluding hydrogens is 398 g/mol. The molecule has 1 aliphatic heterocycles. The Morgan fingerprint density at radius 1 is 0.688 bits per heavy atom. The first kappa shape index (κ1) is 29.0. The summed E-state index contributed by atoms with van der Waals surface area (Å²) in [6.07, 6.45) is 29.8. The van der Waals surface area contributed by atoms with Crippen molar-refractivity contribution in [3.63, 3.8) is 0 Å². The number of rotatable bonds is 23. The maximum absolute atomic E-state index is 11.8. The van der Waals surface area contributed by atoms with Gasteiger partial charge in [0.1, 0.15) is 6.04 Å². The fourth-order valence-electron chi connectivity index (χ4n) is 4.60. The van der Waals surface area contributed by atoms with Crippen LogP contribution in [0, 0.1) is 0 Å². The first-order valence-electron chi connectivity index (χ1n) is 14.2. The molecule has 1 atom stereocenters. The standard InChI is InChI=1S/C28H53NO3/c1-2-3-4-5-6-7-8-9-10-11-12-13-14-15-16-17-18-19-20-21-22-25-32-28(31)26-23-24-27(30)29-26/h26H,2-25H2,1H3,(H,29,30). The Morgan fingerprint density at radius 2 is 1.06 bits per heavy atom. The van der Waals surface area contributed by atoms with Crippen LogP contribution >= 0.6 is 0 Å². The smallest absolute Gasteiger partial charge is 0.328 e. The third kappa shape index (κ3) is 17.5. The van der Waals surface area contributed by atoms with Crippen molar-refractivity contribution in [1.29, 1.82) is 0 Å². The second-order valence-electron chi connectivity index (χ2n) is 9.90. The third-order valence-corrected chi connectivity index (χ3v) is 6.77. The molecule has 1 N–H and O–H groups in total. The van der Waals surface area contributed by atoms with E-state index >= 15 is 0 Å². The van der Waals surface area contributed by atoms with Gasteiger partial charge in [-0.2, -0.15) is 0 Å². The van der Waals surface area contributed by atoms with E-state index in [1.807, 2.05) is 0 Å². The van der Waals surface area contributed by atoms with E-state index in [1.165, 1.54) is 122 Å². The maximum atomic E-state index is 11.8. The summed E-state index contributed by atoms with van der Waals surface area (Å²) in [5, 5.41) is 2.66. The molecule has 0 radical (unpaired) electrons. The molecule has 0 aliphatic carbocycles. The average molecular weight is 452 g/mol. The van der Waals surface area contributed by atoms with Crippen LogP contribution in [0.2, 0.25) is 0 Å². The summed E-state index contributed by atoms with van der Waals surface area (Å²) in [5.74, 6) is -0.301. The molecule has 0 bridgehead atoms. The highest BCUT2D eigenvalue weighted by Gasteiger charge is 2.28. The van der Waals surface area contributed by atoms with E-state index in [0.29, 0.717) is 19.4 Å². The van der Waals surface area contributed by atoms with Crippen LogP contribution in [0.4, 0.5) is 0 Å². The number of carbonyl (C=O) groups excluding carboxylic acids is 2. The van der Waals surface area contributed by atoms with Crippen LogP contribution in [-0.2, 0) is 14.3 Å². The number of amides is 1. The monoisotopic (exact) mass is 451 g/mol. The van der Waals surface area contributed by atoms with E-state index in [2.05, 4.69) is 12.2 Å². The first-order valence-corrected chi connectivity index (χ1v) is 14.2. The fraction of sp³-hybridized carbons (Fsp3) is 0.929. The summed E-state index contributed by atoms with van der Waals surface area (Å²) in [6, 6.07) is -0.405. The van der Waals surface area contributed by atoms with E-state index in [1.54, 1.807) is 0 Å². The maximum Gasteiger partial charge on any atom is 0.328 e. The largest absolute Gasteiger partial charge is 0.464 e.